The number of aromatic nitrogens is 3. The van der Waals surface area contributed by atoms with Crippen LogP contribution in [0.3, 0.4) is 0 Å². The maximum Gasteiger partial charge on any atom is 0.174 e. The number of nitrogens with one attached hydrogen (secondary N) is 1. The number of hydrogen-bond acceptors (Lipinski definition) is 4. The second kappa shape index (κ2) is 9.87. The molecule has 0 radical (unpaired) electrons. The van der Waals surface area contributed by atoms with Gasteiger partial charge in [-0.1, -0.05) is 24.3 Å². The predicted molar refractivity (Wildman–Crippen MR) is 149 cm³/mol. The zero-order chi connectivity index (χ0) is 25.2. The monoisotopic (exact) mass is 503 g/mol. The fourth-order valence-corrected chi connectivity index (χ4v) is 5.21. The van der Waals surface area contributed by atoms with Gasteiger partial charge in [-0.05, 0) is 91.9 Å². The first kappa shape index (κ1) is 22.9. The molecule has 4 heterocycles. The molecule has 6 rings (SSSR count). The van der Waals surface area contributed by atoms with Crippen LogP contribution in [0.5, 0.6) is 11.5 Å². The van der Waals surface area contributed by atoms with Crippen LogP contribution in [0.4, 0.5) is 5.69 Å². The number of anilines is 1. The minimum atomic E-state index is -0.141. The summed E-state index contributed by atoms with van der Waals surface area (Å²) in [6, 6.07) is 31.8. The molecule has 0 aliphatic carbocycles. The van der Waals surface area contributed by atoms with E-state index in [9.17, 15) is 0 Å². The molecule has 5 aromatic rings. The summed E-state index contributed by atoms with van der Waals surface area (Å²) < 4.78 is 8.26. The van der Waals surface area contributed by atoms with Crippen LogP contribution in [0.2, 0.25) is 0 Å². The van der Waals surface area contributed by atoms with Gasteiger partial charge in [-0.25, -0.2) is 0 Å². The van der Waals surface area contributed by atoms with E-state index < -0.39 is 0 Å². The molecule has 7 heteroatoms. The van der Waals surface area contributed by atoms with Crippen LogP contribution >= 0.6 is 12.2 Å². The Bertz CT molecular complexity index is 1500. The van der Waals surface area contributed by atoms with Crippen LogP contribution in [-0.4, -0.2) is 19.6 Å². The van der Waals surface area contributed by atoms with Gasteiger partial charge >= 0.3 is 0 Å². The Morgan fingerprint density at radius 3 is 2.30 bits per heavy atom. The smallest absolute Gasteiger partial charge is 0.174 e. The van der Waals surface area contributed by atoms with Crippen molar-refractivity contribution in [1.82, 2.24) is 19.9 Å². The molecular formula is C30H25N5OS. The third-order valence-corrected chi connectivity index (χ3v) is 6.82. The minimum Gasteiger partial charge on any atom is -0.457 e. The van der Waals surface area contributed by atoms with Crippen molar-refractivity contribution in [3.8, 4) is 17.2 Å². The molecule has 6 nitrogen and oxygen atoms in total. The highest BCUT2D eigenvalue weighted by molar-refractivity contribution is 7.80. The van der Waals surface area contributed by atoms with E-state index in [0.29, 0.717) is 5.11 Å². The van der Waals surface area contributed by atoms with Crippen LogP contribution in [0.25, 0.3) is 5.69 Å². The quantitative estimate of drug-likeness (QED) is 0.265. The summed E-state index contributed by atoms with van der Waals surface area (Å²) in [5, 5.41) is 4.19. The lowest BCUT2D eigenvalue weighted by Crippen LogP contribution is -2.30. The van der Waals surface area contributed by atoms with Gasteiger partial charge < -0.3 is 19.5 Å². The van der Waals surface area contributed by atoms with Gasteiger partial charge in [0.15, 0.2) is 5.11 Å². The van der Waals surface area contributed by atoms with Crippen molar-refractivity contribution in [3.63, 3.8) is 0 Å². The fraction of sp³-hybridized carbons (Fsp3) is 0.100. The number of para-hydroxylation sites is 1. The third kappa shape index (κ3) is 4.45. The molecule has 37 heavy (non-hydrogen) atoms. The van der Waals surface area contributed by atoms with Crippen molar-refractivity contribution >= 4 is 23.0 Å². The number of thiocarbonyl (C=S) groups is 1. The van der Waals surface area contributed by atoms with E-state index in [0.717, 1.165) is 40.0 Å². The molecule has 1 fully saturated rings. The standard InChI is InChI=1S/C30H25N5OS/c1-21-12-17-27(34(21)23-8-7-18-31-20-23)29-28(26-11-5-6-19-32-26)33-30(37)35(29)22-13-15-25(16-14-22)36-24-9-3-2-4-10-24/h2-20,28-29H,1H3,(H,33,37)/t28-,29-/m0/s1. The van der Waals surface area contributed by atoms with Gasteiger partial charge in [0.25, 0.3) is 0 Å². The summed E-state index contributed by atoms with van der Waals surface area (Å²) >= 11 is 5.92. The van der Waals surface area contributed by atoms with Crippen molar-refractivity contribution in [2.24, 2.45) is 0 Å². The lowest BCUT2D eigenvalue weighted by Gasteiger charge is -2.29. The maximum absolute atomic E-state index is 6.02. The Labute approximate surface area is 221 Å². The molecule has 3 aromatic heterocycles. The van der Waals surface area contributed by atoms with E-state index in [2.05, 4.69) is 49.9 Å². The Morgan fingerprint density at radius 1 is 0.784 bits per heavy atom. The van der Waals surface area contributed by atoms with Crippen LogP contribution in [0.15, 0.2) is 116 Å². The lowest BCUT2D eigenvalue weighted by atomic mass is 10.0. The average Bonchev–Trinajstić information content (AvgIpc) is 3.50. The normalized spacial score (nSPS) is 17.0. The maximum atomic E-state index is 6.02. The third-order valence-electron chi connectivity index (χ3n) is 6.51. The molecule has 1 saturated heterocycles. The SMILES string of the molecule is Cc1ccc([C@H]2[C@H](c3ccccn3)NC(=S)N2c2ccc(Oc3ccccc3)cc2)n1-c1cccnc1. The molecule has 2 atom stereocenters. The van der Waals surface area contributed by atoms with E-state index in [-0.39, 0.29) is 12.1 Å². The summed E-state index contributed by atoms with van der Waals surface area (Å²) in [6.45, 7) is 2.10. The van der Waals surface area contributed by atoms with Crippen molar-refractivity contribution < 1.29 is 4.74 Å². The number of nitrogens with zero attached hydrogens (tertiary/aromatic N) is 4. The van der Waals surface area contributed by atoms with Crippen LogP contribution < -0.4 is 15.0 Å². The van der Waals surface area contributed by atoms with Crippen molar-refractivity contribution in [2.45, 2.75) is 19.0 Å². The summed E-state index contributed by atoms with van der Waals surface area (Å²) in [4.78, 5) is 11.2. The largest absolute Gasteiger partial charge is 0.457 e. The number of pyridine rings is 2. The van der Waals surface area contributed by atoms with Gasteiger partial charge in [0.05, 0.1) is 23.6 Å². The molecule has 1 N–H and O–H groups in total. The average molecular weight is 504 g/mol. The first-order valence-electron chi connectivity index (χ1n) is 12.1. The molecule has 0 bridgehead atoms. The Balaban J connectivity index is 1.42. The van der Waals surface area contributed by atoms with Gasteiger partial charge in [-0.3, -0.25) is 9.97 Å². The van der Waals surface area contributed by atoms with Crippen molar-refractivity contribution in [2.75, 3.05) is 4.90 Å². The number of aryl methyl sites for hydroxylation is 1. The fourth-order valence-electron chi connectivity index (χ4n) is 4.86. The van der Waals surface area contributed by atoms with E-state index in [1.54, 1.807) is 6.20 Å². The van der Waals surface area contributed by atoms with Gasteiger partial charge in [0.2, 0.25) is 0 Å². The van der Waals surface area contributed by atoms with E-state index in [1.807, 2.05) is 91.3 Å². The Kier molecular flexibility index (Phi) is 6.12. The predicted octanol–water partition coefficient (Wildman–Crippen LogP) is 6.55. The van der Waals surface area contributed by atoms with Crippen LogP contribution in [0, 0.1) is 6.92 Å². The Hall–Kier alpha value is -4.49. The first-order valence-corrected chi connectivity index (χ1v) is 12.5. The van der Waals surface area contributed by atoms with Gasteiger partial charge in [0.1, 0.15) is 17.5 Å². The molecular weight excluding hydrogens is 478 g/mol. The lowest BCUT2D eigenvalue weighted by molar-refractivity contribution is 0.482. The van der Waals surface area contributed by atoms with Gasteiger partial charge in [0, 0.05) is 29.5 Å². The summed E-state index contributed by atoms with van der Waals surface area (Å²) in [5.41, 5.74) is 5.12. The second-order valence-electron chi connectivity index (χ2n) is 8.85. The molecule has 0 amide bonds. The highest BCUT2D eigenvalue weighted by Gasteiger charge is 2.42. The highest BCUT2D eigenvalue weighted by Crippen LogP contribution is 2.43. The number of ether oxygens (including phenoxy) is 1. The van der Waals surface area contributed by atoms with Crippen LogP contribution in [-0.2, 0) is 0 Å². The molecule has 2 aromatic carbocycles. The van der Waals surface area contributed by atoms with E-state index >= 15 is 0 Å². The number of benzene rings is 2. The van der Waals surface area contributed by atoms with Crippen molar-refractivity contribution in [1.29, 1.82) is 0 Å². The molecule has 182 valence electrons. The van der Waals surface area contributed by atoms with Crippen molar-refractivity contribution in [3.05, 3.63) is 133 Å². The zero-order valence-electron chi connectivity index (χ0n) is 20.2. The van der Waals surface area contributed by atoms with Gasteiger partial charge in [-0.15, -0.1) is 0 Å². The summed E-state index contributed by atoms with van der Waals surface area (Å²) in [6.07, 6.45) is 5.49. The van der Waals surface area contributed by atoms with E-state index in [4.69, 9.17) is 17.0 Å². The minimum absolute atomic E-state index is 0.140. The first-order chi connectivity index (χ1) is 18.2. The summed E-state index contributed by atoms with van der Waals surface area (Å²) in [7, 11) is 0. The Morgan fingerprint density at radius 2 is 1.57 bits per heavy atom. The second-order valence-corrected chi connectivity index (χ2v) is 9.24. The summed E-state index contributed by atoms with van der Waals surface area (Å²) in [5.74, 6) is 1.56. The van der Waals surface area contributed by atoms with Gasteiger partial charge in [-0.2, -0.15) is 0 Å². The number of rotatable bonds is 6. The molecule has 0 saturated carbocycles. The molecule has 0 unspecified atom stereocenters. The van der Waals surface area contributed by atoms with Crippen LogP contribution in [0.1, 0.15) is 29.2 Å². The van der Waals surface area contributed by atoms with E-state index in [1.165, 1.54) is 0 Å². The molecule has 0 spiro atoms. The zero-order valence-corrected chi connectivity index (χ0v) is 21.0. The molecule has 1 aliphatic heterocycles. The highest BCUT2D eigenvalue weighted by atomic mass is 32.1. The molecule has 1 aliphatic rings. The number of hydrogen-bond donors (Lipinski definition) is 1. The topological polar surface area (TPSA) is 55.2 Å².